The second kappa shape index (κ2) is 10.6. The number of aliphatic hydroxyl groups excluding tert-OH is 1. The third kappa shape index (κ3) is 7.83. The van der Waals surface area contributed by atoms with Crippen molar-refractivity contribution in [1.29, 1.82) is 0 Å². The topological polar surface area (TPSA) is 121 Å². The lowest BCUT2D eigenvalue weighted by Crippen LogP contribution is -2.43. The van der Waals surface area contributed by atoms with Gasteiger partial charge in [-0.05, 0) is 36.4 Å². The Labute approximate surface area is 208 Å². The molecule has 1 amide bonds. The van der Waals surface area contributed by atoms with E-state index in [2.05, 4.69) is 28.1 Å². The van der Waals surface area contributed by atoms with Crippen LogP contribution in [-0.4, -0.2) is 70.7 Å². The third-order valence-electron chi connectivity index (χ3n) is 5.74. The van der Waals surface area contributed by atoms with Crippen molar-refractivity contribution < 1.29 is 36.2 Å². The van der Waals surface area contributed by atoms with Crippen LogP contribution in [0.5, 0.6) is 5.88 Å². The molecule has 3 N–H and O–H groups in total. The van der Waals surface area contributed by atoms with Crippen LogP contribution in [0.15, 0.2) is 36.4 Å². The van der Waals surface area contributed by atoms with E-state index in [4.69, 9.17) is 9.84 Å². The van der Waals surface area contributed by atoms with Crippen LogP contribution in [0.25, 0.3) is 0 Å². The number of hydrogen-bond acceptors (Lipinski definition) is 7. The number of benzene rings is 1. The van der Waals surface area contributed by atoms with Gasteiger partial charge in [0, 0.05) is 19.2 Å². The fourth-order valence-corrected chi connectivity index (χ4v) is 6.18. The Balaban J connectivity index is 1.82. The molecule has 36 heavy (non-hydrogen) atoms. The quantitative estimate of drug-likeness (QED) is 0.433. The number of nitrogens with one attached hydrogen (secondary N) is 2. The fourth-order valence-electron chi connectivity index (χ4n) is 3.62. The molecule has 1 aromatic heterocycles. The minimum absolute atomic E-state index is 0.0375. The van der Waals surface area contributed by atoms with E-state index in [1.807, 2.05) is 4.90 Å². The number of halogens is 3. The fraction of sp³-hybridized carbons (Fsp3) is 0.455. The van der Waals surface area contributed by atoms with E-state index in [0.717, 1.165) is 31.4 Å². The summed E-state index contributed by atoms with van der Waals surface area (Å²) in [5, 5.41) is 11.7. The number of aliphatic hydroxyl groups is 1. The maximum Gasteiger partial charge on any atom is 0.417 e. The van der Waals surface area contributed by atoms with Gasteiger partial charge in [0.25, 0.3) is 5.91 Å². The molecule has 0 radical (unpaired) electrons. The maximum absolute atomic E-state index is 13.2. The molecule has 1 aliphatic rings. The second-order valence-corrected chi connectivity index (χ2v) is 16.5. The van der Waals surface area contributed by atoms with Crippen molar-refractivity contribution in [2.45, 2.75) is 37.5 Å². The monoisotopic (exact) mass is 546 g/mol. The largest absolute Gasteiger partial charge is 0.474 e. The Morgan fingerprint density at radius 3 is 2.50 bits per heavy atom. The standard InChI is InChI=1S/C22H29F3N4O5SSi/c1-35(32,33)28-15-7-8-16(17(13-15)29-9-11-36(2,3)12-10-29)21(31)27-19-5-4-6-20(26-19)34-14-18(30)22(23,24)25/h4-8,13,18,28,30H,9-12,14H2,1-3H3,(H,26,27,31)/t18-/m0/s1. The summed E-state index contributed by atoms with van der Waals surface area (Å²) in [5.74, 6) is -0.694. The van der Waals surface area contributed by atoms with E-state index in [1.54, 1.807) is 6.07 Å². The van der Waals surface area contributed by atoms with Gasteiger partial charge in [-0.1, -0.05) is 19.2 Å². The summed E-state index contributed by atoms with van der Waals surface area (Å²) in [4.78, 5) is 19.2. The molecule has 1 saturated heterocycles. The Morgan fingerprint density at radius 1 is 1.22 bits per heavy atom. The van der Waals surface area contributed by atoms with Crippen LogP contribution < -0.4 is 19.7 Å². The lowest BCUT2D eigenvalue weighted by molar-refractivity contribution is -0.210. The highest BCUT2D eigenvalue weighted by molar-refractivity contribution is 7.92. The molecule has 0 aliphatic carbocycles. The molecule has 3 rings (SSSR count). The van der Waals surface area contributed by atoms with Gasteiger partial charge < -0.3 is 20.1 Å². The molecular formula is C22H29F3N4O5SSi. The van der Waals surface area contributed by atoms with E-state index in [9.17, 15) is 26.4 Å². The highest BCUT2D eigenvalue weighted by atomic mass is 32.2. The van der Waals surface area contributed by atoms with Crippen LogP contribution in [0.4, 0.5) is 30.4 Å². The molecule has 0 unspecified atom stereocenters. The average molecular weight is 547 g/mol. The van der Waals surface area contributed by atoms with Crippen LogP contribution in [-0.2, 0) is 10.0 Å². The maximum atomic E-state index is 13.2. The molecular weight excluding hydrogens is 517 g/mol. The number of anilines is 3. The van der Waals surface area contributed by atoms with Gasteiger partial charge in [-0.3, -0.25) is 9.52 Å². The van der Waals surface area contributed by atoms with Crippen molar-refractivity contribution in [3.05, 3.63) is 42.0 Å². The van der Waals surface area contributed by atoms with Crippen LogP contribution in [0, 0.1) is 0 Å². The van der Waals surface area contributed by atoms with Crippen LogP contribution in [0.1, 0.15) is 10.4 Å². The normalized spacial score (nSPS) is 16.8. The number of alkyl halides is 3. The average Bonchev–Trinajstić information content (AvgIpc) is 2.76. The highest BCUT2D eigenvalue weighted by Gasteiger charge is 2.38. The van der Waals surface area contributed by atoms with Gasteiger partial charge in [0.2, 0.25) is 15.9 Å². The second-order valence-electron chi connectivity index (χ2n) is 9.44. The van der Waals surface area contributed by atoms with Crippen molar-refractivity contribution in [3.8, 4) is 5.88 Å². The van der Waals surface area contributed by atoms with Crippen molar-refractivity contribution in [2.24, 2.45) is 0 Å². The zero-order chi connectivity index (χ0) is 26.7. The van der Waals surface area contributed by atoms with Crippen molar-refractivity contribution in [2.75, 3.05) is 40.9 Å². The Morgan fingerprint density at radius 2 is 1.89 bits per heavy atom. The summed E-state index contributed by atoms with van der Waals surface area (Å²) in [6.07, 6.45) is -6.46. The van der Waals surface area contributed by atoms with Crippen LogP contribution >= 0.6 is 0 Å². The summed E-state index contributed by atoms with van der Waals surface area (Å²) >= 11 is 0. The summed E-state index contributed by atoms with van der Waals surface area (Å²) < 4.78 is 68.3. The Bertz CT molecular complexity index is 1200. The summed E-state index contributed by atoms with van der Waals surface area (Å²) in [5.41, 5.74) is 1.17. The summed E-state index contributed by atoms with van der Waals surface area (Å²) in [7, 11) is -4.85. The molecule has 1 fully saturated rings. The SMILES string of the molecule is C[Si]1(C)CCN(c2cc(NS(C)(=O)=O)ccc2C(=O)Nc2cccc(OC[C@H](O)C(F)(F)F)n2)CC1. The zero-order valence-corrected chi connectivity index (χ0v) is 21.9. The number of carbonyl (C=O) groups excluding carboxylic acids is 1. The van der Waals surface area contributed by atoms with Crippen molar-refractivity contribution >= 4 is 41.2 Å². The number of rotatable bonds is 8. The molecule has 14 heteroatoms. The van der Waals surface area contributed by atoms with Crippen LogP contribution in [0.2, 0.25) is 25.2 Å². The zero-order valence-electron chi connectivity index (χ0n) is 20.1. The van der Waals surface area contributed by atoms with Gasteiger partial charge in [0.05, 0.1) is 31.3 Å². The smallest absolute Gasteiger partial charge is 0.417 e. The minimum Gasteiger partial charge on any atom is -0.474 e. The predicted molar refractivity (Wildman–Crippen MR) is 134 cm³/mol. The van der Waals surface area contributed by atoms with Gasteiger partial charge in [-0.15, -0.1) is 0 Å². The number of nitrogens with zero attached hydrogens (tertiary/aromatic N) is 2. The van der Waals surface area contributed by atoms with E-state index < -0.39 is 42.9 Å². The van der Waals surface area contributed by atoms with Gasteiger partial charge in [-0.2, -0.15) is 18.2 Å². The molecule has 2 aromatic rings. The number of aromatic nitrogens is 1. The van der Waals surface area contributed by atoms with Gasteiger partial charge in [0.1, 0.15) is 12.4 Å². The first-order chi connectivity index (χ1) is 16.6. The van der Waals surface area contributed by atoms with Gasteiger partial charge in [-0.25, -0.2) is 8.42 Å². The third-order valence-corrected chi connectivity index (χ3v) is 9.50. The molecule has 2 heterocycles. The predicted octanol–water partition coefficient (Wildman–Crippen LogP) is 3.54. The number of ether oxygens (including phenoxy) is 1. The molecule has 9 nitrogen and oxygen atoms in total. The van der Waals surface area contributed by atoms with Crippen molar-refractivity contribution in [1.82, 2.24) is 4.98 Å². The molecule has 1 aromatic carbocycles. The minimum atomic E-state index is -4.83. The lowest BCUT2D eigenvalue weighted by Gasteiger charge is -2.38. The molecule has 0 spiro atoms. The van der Waals surface area contributed by atoms with Gasteiger partial charge >= 0.3 is 6.18 Å². The lowest BCUT2D eigenvalue weighted by atomic mass is 10.1. The van der Waals surface area contributed by atoms with E-state index in [0.29, 0.717) is 11.4 Å². The van der Waals surface area contributed by atoms with E-state index in [-0.39, 0.29) is 17.3 Å². The van der Waals surface area contributed by atoms with Crippen LogP contribution in [0.3, 0.4) is 0 Å². The molecule has 0 bridgehead atoms. The number of carbonyl (C=O) groups is 1. The Hall–Kier alpha value is -2.84. The first-order valence-corrected chi connectivity index (χ1v) is 16.5. The number of pyridine rings is 1. The molecule has 198 valence electrons. The highest BCUT2D eigenvalue weighted by Crippen LogP contribution is 2.32. The molecule has 0 saturated carbocycles. The van der Waals surface area contributed by atoms with E-state index >= 15 is 0 Å². The Kier molecular flexibility index (Phi) is 8.20. The number of sulfonamides is 1. The van der Waals surface area contributed by atoms with E-state index in [1.165, 1.54) is 30.3 Å². The van der Waals surface area contributed by atoms with Gasteiger partial charge in [0.15, 0.2) is 6.10 Å². The molecule has 1 aliphatic heterocycles. The first-order valence-electron chi connectivity index (χ1n) is 11.2. The molecule has 1 atom stereocenters. The summed E-state index contributed by atoms with van der Waals surface area (Å²) in [6, 6.07) is 10.8. The van der Waals surface area contributed by atoms with Crippen molar-refractivity contribution in [3.63, 3.8) is 0 Å². The number of hydrogen-bond donors (Lipinski definition) is 3. The summed E-state index contributed by atoms with van der Waals surface area (Å²) in [6.45, 7) is 5.01. The first kappa shape index (κ1) is 27.7. The number of amides is 1.